The minimum absolute atomic E-state index is 0.187. The number of nitrogens with zero attached hydrogens (tertiary/aromatic N) is 1. The molecule has 3 atom stereocenters. The Hall–Kier alpha value is -2.24. The van der Waals surface area contributed by atoms with Crippen molar-refractivity contribution in [3.05, 3.63) is 53.5 Å². The first kappa shape index (κ1) is 24.4. The molecule has 1 aliphatic heterocycles. The molecular weight excluding hydrogens is 411 g/mol. The first-order chi connectivity index (χ1) is 15.3. The van der Waals surface area contributed by atoms with Crippen LogP contribution in [0.4, 0.5) is 18.9 Å². The zero-order chi connectivity index (χ0) is 23.1. The van der Waals surface area contributed by atoms with Crippen molar-refractivity contribution in [2.45, 2.75) is 65.5 Å². The van der Waals surface area contributed by atoms with Gasteiger partial charge in [0.15, 0.2) is 0 Å². The van der Waals surface area contributed by atoms with E-state index in [1.807, 2.05) is 6.21 Å². The van der Waals surface area contributed by atoms with Crippen LogP contribution < -0.4 is 10.6 Å². The van der Waals surface area contributed by atoms with Crippen LogP contribution in [0.15, 0.2) is 52.9 Å². The molecule has 0 radical (unpaired) electrons. The molecule has 2 N–H and O–H groups in total. The molecule has 1 aliphatic carbocycles. The maximum atomic E-state index is 13.1. The Morgan fingerprint density at radius 2 is 2.03 bits per heavy atom. The third-order valence-electron chi connectivity index (χ3n) is 6.24. The van der Waals surface area contributed by atoms with Gasteiger partial charge in [0.2, 0.25) is 0 Å². The van der Waals surface area contributed by atoms with Gasteiger partial charge in [-0.1, -0.05) is 39.3 Å². The summed E-state index contributed by atoms with van der Waals surface area (Å²) in [6, 6.07) is 5.31. The van der Waals surface area contributed by atoms with Crippen LogP contribution in [0.2, 0.25) is 0 Å². The van der Waals surface area contributed by atoms with E-state index < -0.39 is 11.7 Å². The molecule has 1 saturated carbocycles. The summed E-state index contributed by atoms with van der Waals surface area (Å²) in [5.74, 6) is 2.44. The molecular formula is C26H36F3N3. The Morgan fingerprint density at radius 3 is 2.69 bits per heavy atom. The van der Waals surface area contributed by atoms with Gasteiger partial charge in [-0.05, 0) is 74.1 Å². The van der Waals surface area contributed by atoms with Gasteiger partial charge in [0.05, 0.1) is 5.56 Å². The molecule has 0 spiro atoms. The maximum absolute atomic E-state index is 13.1. The van der Waals surface area contributed by atoms with Gasteiger partial charge in [0.1, 0.15) is 5.82 Å². The lowest BCUT2D eigenvalue weighted by atomic mass is 9.89. The Morgan fingerprint density at radius 1 is 1.25 bits per heavy atom. The number of allylic oxidation sites excluding steroid dienone is 3. The van der Waals surface area contributed by atoms with Crippen molar-refractivity contribution >= 4 is 11.9 Å². The summed E-state index contributed by atoms with van der Waals surface area (Å²) in [6.07, 6.45) is 8.70. The molecule has 0 amide bonds. The van der Waals surface area contributed by atoms with Crippen LogP contribution in [0.3, 0.4) is 0 Å². The zero-order valence-electron chi connectivity index (χ0n) is 19.4. The van der Waals surface area contributed by atoms with E-state index in [9.17, 15) is 13.2 Å². The number of anilines is 1. The number of aliphatic imine (C=N–C) groups is 1. The van der Waals surface area contributed by atoms with Crippen LogP contribution in [0.25, 0.3) is 0 Å². The highest BCUT2D eigenvalue weighted by atomic mass is 19.4. The molecule has 2 aliphatic rings. The van der Waals surface area contributed by atoms with Gasteiger partial charge < -0.3 is 10.6 Å². The van der Waals surface area contributed by atoms with Crippen LogP contribution in [-0.4, -0.2) is 12.8 Å². The van der Waals surface area contributed by atoms with Crippen LogP contribution in [0, 0.1) is 23.7 Å². The second-order valence-electron chi connectivity index (χ2n) is 9.22. The normalized spacial score (nSPS) is 22.8. The summed E-state index contributed by atoms with van der Waals surface area (Å²) < 4.78 is 39.3. The van der Waals surface area contributed by atoms with Crippen molar-refractivity contribution in [1.29, 1.82) is 0 Å². The van der Waals surface area contributed by atoms with Gasteiger partial charge in [0.25, 0.3) is 0 Å². The minimum Gasteiger partial charge on any atom is -0.388 e. The van der Waals surface area contributed by atoms with E-state index >= 15 is 0 Å². The maximum Gasteiger partial charge on any atom is 0.416 e. The lowest BCUT2D eigenvalue weighted by molar-refractivity contribution is -0.137. The van der Waals surface area contributed by atoms with E-state index in [0.717, 1.165) is 31.5 Å². The quantitative estimate of drug-likeness (QED) is 0.392. The van der Waals surface area contributed by atoms with Gasteiger partial charge in [-0.15, -0.1) is 0 Å². The molecule has 176 valence electrons. The fourth-order valence-corrected chi connectivity index (χ4v) is 4.35. The molecule has 3 rings (SSSR count). The summed E-state index contributed by atoms with van der Waals surface area (Å²) in [5, 5.41) is 6.80. The third-order valence-corrected chi connectivity index (χ3v) is 6.24. The highest BCUT2D eigenvalue weighted by Gasteiger charge is 2.34. The predicted molar refractivity (Wildman–Crippen MR) is 126 cm³/mol. The summed E-state index contributed by atoms with van der Waals surface area (Å²) in [6.45, 7) is 7.57. The van der Waals surface area contributed by atoms with Gasteiger partial charge in [0, 0.05) is 30.1 Å². The number of alkyl halides is 3. The third kappa shape index (κ3) is 7.14. The number of halogens is 3. The lowest BCUT2D eigenvalue weighted by Crippen LogP contribution is -2.27. The van der Waals surface area contributed by atoms with Gasteiger partial charge in [-0.2, -0.15) is 13.2 Å². The average molecular weight is 448 g/mol. The van der Waals surface area contributed by atoms with Crippen LogP contribution >= 0.6 is 0 Å². The zero-order valence-corrected chi connectivity index (χ0v) is 19.4. The number of nitrogens with one attached hydrogen (secondary N) is 2. The molecule has 0 bridgehead atoms. The van der Waals surface area contributed by atoms with E-state index in [1.54, 1.807) is 6.07 Å². The highest BCUT2D eigenvalue weighted by molar-refractivity contribution is 5.68. The Bertz CT molecular complexity index is 837. The van der Waals surface area contributed by atoms with Crippen molar-refractivity contribution in [2.24, 2.45) is 28.7 Å². The Kier molecular flexibility index (Phi) is 8.44. The van der Waals surface area contributed by atoms with E-state index in [1.165, 1.54) is 37.4 Å². The van der Waals surface area contributed by atoms with E-state index in [-0.39, 0.29) is 5.92 Å². The molecule has 3 unspecified atom stereocenters. The molecule has 1 aromatic carbocycles. The summed E-state index contributed by atoms with van der Waals surface area (Å²) in [4.78, 5) is 4.68. The van der Waals surface area contributed by atoms with E-state index in [4.69, 9.17) is 0 Å². The SMILES string of the molecule is CC/C=C(/NCC(C)CCC)C1C=NC(Nc2cccc(C(F)(F)F)c2)=CC(C2CC2)C1. The van der Waals surface area contributed by atoms with Gasteiger partial charge >= 0.3 is 6.18 Å². The summed E-state index contributed by atoms with van der Waals surface area (Å²) in [5.41, 5.74) is 0.974. The predicted octanol–water partition coefficient (Wildman–Crippen LogP) is 7.40. The van der Waals surface area contributed by atoms with Crippen LogP contribution in [0.1, 0.15) is 64.9 Å². The highest BCUT2D eigenvalue weighted by Crippen LogP contribution is 2.42. The molecule has 32 heavy (non-hydrogen) atoms. The molecule has 1 heterocycles. The largest absolute Gasteiger partial charge is 0.416 e. The van der Waals surface area contributed by atoms with Crippen LogP contribution in [0.5, 0.6) is 0 Å². The first-order valence-electron chi connectivity index (χ1n) is 11.9. The van der Waals surface area contributed by atoms with Crippen molar-refractivity contribution in [3.8, 4) is 0 Å². The monoisotopic (exact) mass is 447 g/mol. The van der Waals surface area contributed by atoms with Crippen molar-refractivity contribution in [1.82, 2.24) is 5.32 Å². The van der Waals surface area contributed by atoms with Crippen molar-refractivity contribution in [3.63, 3.8) is 0 Å². The Labute approximate surface area is 190 Å². The minimum atomic E-state index is -4.36. The second-order valence-corrected chi connectivity index (χ2v) is 9.22. The smallest absolute Gasteiger partial charge is 0.388 e. The molecule has 0 saturated heterocycles. The van der Waals surface area contributed by atoms with E-state index in [2.05, 4.69) is 48.5 Å². The summed E-state index contributed by atoms with van der Waals surface area (Å²) in [7, 11) is 0. The van der Waals surface area contributed by atoms with Crippen molar-refractivity contribution < 1.29 is 13.2 Å². The topological polar surface area (TPSA) is 36.4 Å². The molecule has 3 nitrogen and oxygen atoms in total. The molecule has 6 heteroatoms. The second kappa shape index (κ2) is 11.1. The number of hydrogen-bond donors (Lipinski definition) is 2. The lowest BCUT2D eigenvalue weighted by Gasteiger charge is -2.23. The van der Waals surface area contributed by atoms with Gasteiger partial charge in [-0.25, -0.2) is 4.99 Å². The first-order valence-corrected chi connectivity index (χ1v) is 11.9. The molecule has 1 fully saturated rings. The average Bonchev–Trinajstić information content (AvgIpc) is 3.58. The van der Waals surface area contributed by atoms with Crippen molar-refractivity contribution in [2.75, 3.05) is 11.9 Å². The van der Waals surface area contributed by atoms with Gasteiger partial charge in [-0.3, -0.25) is 0 Å². The fraction of sp³-hybridized carbons (Fsp3) is 0.577. The standard InChI is InChI=1S/C26H36F3N3/c1-4-7-18(3)16-30-24(8-5-2)21-13-20(19-11-12-19)14-25(31-17-21)32-23-10-6-9-22(15-23)26(27,28)29/h6,8-10,14-15,17-21,30,32H,4-5,7,11-13,16H2,1-3H3/b24-8+. The fourth-order valence-electron chi connectivity index (χ4n) is 4.35. The number of hydrogen-bond acceptors (Lipinski definition) is 3. The number of rotatable bonds is 10. The van der Waals surface area contributed by atoms with E-state index in [0.29, 0.717) is 29.3 Å². The summed E-state index contributed by atoms with van der Waals surface area (Å²) >= 11 is 0. The molecule has 1 aromatic rings. The molecule has 0 aromatic heterocycles. The number of benzene rings is 1. The van der Waals surface area contributed by atoms with Crippen LogP contribution in [-0.2, 0) is 6.18 Å². The Balaban J connectivity index is 1.76.